The number of benzene rings is 1. The van der Waals surface area contributed by atoms with Gasteiger partial charge in [0.25, 0.3) is 0 Å². The Morgan fingerprint density at radius 3 is 2.60 bits per heavy atom. The molecule has 2 aliphatic rings. The molecule has 1 aromatic carbocycles. The normalized spacial score (nSPS) is 18.7. The molecule has 7 heteroatoms. The molecule has 0 saturated heterocycles. The maximum Gasteiger partial charge on any atom is 0.318 e. The van der Waals surface area contributed by atoms with E-state index in [1.165, 1.54) is 12.1 Å². The van der Waals surface area contributed by atoms with Crippen LogP contribution in [0.15, 0.2) is 42.6 Å². The van der Waals surface area contributed by atoms with E-state index in [0.717, 1.165) is 24.1 Å². The van der Waals surface area contributed by atoms with Gasteiger partial charge in [-0.05, 0) is 63.4 Å². The number of aromatic nitrogens is 1. The second-order valence-electron chi connectivity index (χ2n) is 9.21. The zero-order valence-corrected chi connectivity index (χ0v) is 17.8. The van der Waals surface area contributed by atoms with E-state index in [-0.39, 0.29) is 41.9 Å². The van der Waals surface area contributed by atoms with Crippen molar-refractivity contribution in [1.29, 1.82) is 0 Å². The molecule has 0 unspecified atom stereocenters. The Morgan fingerprint density at radius 2 is 1.93 bits per heavy atom. The molecule has 4 rings (SSSR count). The van der Waals surface area contributed by atoms with Gasteiger partial charge >= 0.3 is 6.03 Å². The highest BCUT2D eigenvalue weighted by Crippen LogP contribution is 2.34. The van der Waals surface area contributed by atoms with Crippen LogP contribution < -0.4 is 5.32 Å². The Balaban J connectivity index is 1.59. The molecule has 0 bridgehead atoms. The number of nitrogens with one attached hydrogen (secondary N) is 1. The molecule has 1 aliphatic carbocycles. The minimum atomic E-state index is -0.372. The molecule has 2 heterocycles. The van der Waals surface area contributed by atoms with Crippen LogP contribution in [0, 0.1) is 5.82 Å². The van der Waals surface area contributed by atoms with Gasteiger partial charge in [-0.1, -0.05) is 12.1 Å². The molecule has 6 nitrogen and oxygen atoms in total. The second-order valence-corrected chi connectivity index (χ2v) is 9.21. The molecule has 1 aromatic heterocycles. The lowest BCUT2D eigenvalue weighted by Crippen LogP contribution is -2.53. The van der Waals surface area contributed by atoms with Gasteiger partial charge in [-0.25, -0.2) is 9.18 Å². The molecule has 1 saturated carbocycles. The molecule has 30 heavy (non-hydrogen) atoms. The standard InChI is InChI=1S/C23H29FN4O2/c1-23(2,3)25-22(30)28(18-9-10-18)15-20(29)27-13-12-26-11-5-8-19(26)21(27)16-6-4-7-17(24)14-16/h4-8,11,14,18,21H,9-10,12-13,15H2,1-3H3,(H,25,30)/t21-/m0/s1. The molecule has 160 valence electrons. The maximum atomic E-state index is 14.0. The van der Waals surface area contributed by atoms with E-state index in [2.05, 4.69) is 9.88 Å². The van der Waals surface area contributed by atoms with E-state index in [0.29, 0.717) is 13.1 Å². The van der Waals surface area contributed by atoms with Crippen molar-refractivity contribution < 1.29 is 14.0 Å². The lowest BCUT2D eigenvalue weighted by Gasteiger charge is -2.38. The molecule has 1 N–H and O–H groups in total. The highest BCUT2D eigenvalue weighted by molar-refractivity contribution is 5.85. The molecule has 0 radical (unpaired) electrons. The van der Waals surface area contributed by atoms with Crippen molar-refractivity contribution >= 4 is 11.9 Å². The Bertz CT molecular complexity index is 945. The lowest BCUT2D eigenvalue weighted by atomic mass is 9.99. The summed E-state index contributed by atoms with van der Waals surface area (Å²) in [5.74, 6) is -0.444. The predicted molar refractivity (Wildman–Crippen MR) is 112 cm³/mol. The van der Waals surface area contributed by atoms with Gasteiger partial charge in [0.1, 0.15) is 12.4 Å². The second kappa shape index (κ2) is 7.78. The number of carbonyl (C=O) groups excluding carboxylic acids is 2. The summed E-state index contributed by atoms with van der Waals surface area (Å²) in [6.45, 7) is 7.00. The van der Waals surface area contributed by atoms with Crippen molar-refractivity contribution in [2.24, 2.45) is 0 Å². The van der Waals surface area contributed by atoms with Crippen LogP contribution in [0.1, 0.15) is 50.9 Å². The highest BCUT2D eigenvalue weighted by atomic mass is 19.1. The number of hydrogen-bond acceptors (Lipinski definition) is 2. The van der Waals surface area contributed by atoms with E-state index < -0.39 is 0 Å². The van der Waals surface area contributed by atoms with E-state index in [9.17, 15) is 14.0 Å². The first-order valence-corrected chi connectivity index (χ1v) is 10.5. The molecular formula is C23H29FN4O2. The summed E-state index contributed by atoms with van der Waals surface area (Å²) < 4.78 is 16.1. The topological polar surface area (TPSA) is 57.6 Å². The Kier molecular flexibility index (Phi) is 5.30. The number of halogens is 1. The molecule has 1 atom stereocenters. The number of hydrogen-bond donors (Lipinski definition) is 1. The number of carbonyl (C=O) groups is 2. The van der Waals surface area contributed by atoms with Crippen LogP contribution >= 0.6 is 0 Å². The van der Waals surface area contributed by atoms with Gasteiger partial charge in [0.15, 0.2) is 0 Å². The Morgan fingerprint density at radius 1 is 1.17 bits per heavy atom. The number of fused-ring (bicyclic) bond motifs is 1. The number of rotatable bonds is 4. The first kappa shape index (κ1) is 20.4. The quantitative estimate of drug-likeness (QED) is 0.835. The summed E-state index contributed by atoms with van der Waals surface area (Å²) in [5, 5.41) is 2.97. The Labute approximate surface area is 176 Å². The van der Waals surface area contributed by atoms with Gasteiger partial charge in [0.2, 0.25) is 5.91 Å². The van der Waals surface area contributed by atoms with Gasteiger partial charge < -0.3 is 19.7 Å². The van der Waals surface area contributed by atoms with Crippen molar-refractivity contribution in [2.75, 3.05) is 13.1 Å². The van der Waals surface area contributed by atoms with E-state index >= 15 is 0 Å². The Hall–Kier alpha value is -2.83. The summed E-state index contributed by atoms with van der Waals surface area (Å²) in [6.07, 6.45) is 3.82. The molecule has 1 fully saturated rings. The fourth-order valence-corrected chi connectivity index (χ4v) is 4.06. The fraction of sp³-hybridized carbons (Fsp3) is 0.478. The first-order valence-electron chi connectivity index (χ1n) is 10.5. The summed E-state index contributed by atoms with van der Waals surface area (Å²) >= 11 is 0. The first-order chi connectivity index (χ1) is 14.2. The monoisotopic (exact) mass is 412 g/mol. The van der Waals surface area contributed by atoms with Crippen LogP contribution in [0.2, 0.25) is 0 Å². The van der Waals surface area contributed by atoms with Gasteiger partial charge in [0, 0.05) is 36.6 Å². The van der Waals surface area contributed by atoms with Crippen LogP contribution in [0.5, 0.6) is 0 Å². The van der Waals surface area contributed by atoms with Gasteiger partial charge in [0.05, 0.1) is 6.04 Å². The number of urea groups is 1. The predicted octanol–water partition coefficient (Wildman–Crippen LogP) is 3.53. The highest BCUT2D eigenvalue weighted by Gasteiger charge is 2.38. The summed E-state index contributed by atoms with van der Waals surface area (Å²) in [5.41, 5.74) is 1.32. The van der Waals surface area contributed by atoms with Crippen LogP contribution in [0.3, 0.4) is 0 Å². The van der Waals surface area contributed by atoms with Crippen molar-refractivity contribution in [3.05, 3.63) is 59.7 Å². The summed E-state index contributed by atoms with van der Waals surface area (Å²) in [7, 11) is 0. The lowest BCUT2D eigenvalue weighted by molar-refractivity contribution is -0.134. The molecule has 1 aliphatic heterocycles. The minimum Gasteiger partial charge on any atom is -0.348 e. The fourth-order valence-electron chi connectivity index (χ4n) is 4.06. The smallest absolute Gasteiger partial charge is 0.318 e. The third kappa shape index (κ3) is 4.35. The SMILES string of the molecule is CC(C)(C)NC(=O)N(CC(=O)N1CCn2cccc2[C@@H]1c1cccc(F)c1)C1CC1. The van der Waals surface area contributed by atoms with Gasteiger partial charge in [-0.3, -0.25) is 4.79 Å². The zero-order valence-electron chi connectivity index (χ0n) is 17.8. The van der Waals surface area contributed by atoms with E-state index in [1.807, 2.05) is 45.2 Å². The van der Waals surface area contributed by atoms with Crippen LogP contribution in [0.4, 0.5) is 9.18 Å². The van der Waals surface area contributed by atoms with Crippen molar-refractivity contribution in [2.45, 2.75) is 57.8 Å². The third-order valence-corrected chi connectivity index (χ3v) is 5.56. The van der Waals surface area contributed by atoms with Crippen molar-refractivity contribution in [3.8, 4) is 0 Å². The third-order valence-electron chi connectivity index (χ3n) is 5.56. The zero-order chi connectivity index (χ0) is 21.5. The van der Waals surface area contributed by atoms with Crippen LogP contribution in [-0.4, -0.2) is 51.0 Å². The van der Waals surface area contributed by atoms with Crippen molar-refractivity contribution in [1.82, 2.24) is 19.7 Å². The molecule has 0 spiro atoms. The number of nitrogens with zero attached hydrogens (tertiary/aromatic N) is 3. The van der Waals surface area contributed by atoms with Crippen LogP contribution in [0.25, 0.3) is 0 Å². The van der Waals surface area contributed by atoms with Gasteiger partial charge in [-0.2, -0.15) is 0 Å². The minimum absolute atomic E-state index is 0.0269. The largest absolute Gasteiger partial charge is 0.348 e. The average molecular weight is 413 g/mol. The molecule has 2 aromatic rings. The van der Waals surface area contributed by atoms with E-state index in [4.69, 9.17) is 0 Å². The van der Waals surface area contributed by atoms with Crippen LogP contribution in [-0.2, 0) is 11.3 Å². The average Bonchev–Trinajstić information content (AvgIpc) is 3.39. The maximum absolute atomic E-state index is 14.0. The van der Waals surface area contributed by atoms with Gasteiger partial charge in [-0.15, -0.1) is 0 Å². The molecule has 3 amide bonds. The summed E-state index contributed by atoms with van der Waals surface area (Å²) in [4.78, 5) is 29.7. The summed E-state index contributed by atoms with van der Waals surface area (Å²) in [6, 6.07) is 9.86. The number of amides is 3. The molecular weight excluding hydrogens is 383 g/mol. The van der Waals surface area contributed by atoms with E-state index in [1.54, 1.807) is 15.9 Å². The van der Waals surface area contributed by atoms with Crippen molar-refractivity contribution in [3.63, 3.8) is 0 Å².